The molecule has 0 bridgehead atoms. The molecule has 0 N–H and O–H groups in total. The molecule has 25 heavy (non-hydrogen) atoms. The second-order valence-corrected chi connectivity index (χ2v) is 7.03. The number of aromatic nitrogens is 3. The average molecular weight is 342 g/mol. The van der Waals surface area contributed by atoms with E-state index in [1.54, 1.807) is 0 Å². The molecule has 8 heteroatoms. The van der Waals surface area contributed by atoms with Gasteiger partial charge in [-0.25, -0.2) is 9.69 Å². The summed E-state index contributed by atoms with van der Waals surface area (Å²) in [6.45, 7) is 6.27. The summed E-state index contributed by atoms with van der Waals surface area (Å²) in [6, 6.07) is 0. The number of rotatable bonds is 4. The lowest BCUT2D eigenvalue weighted by atomic mass is 10.2. The zero-order valence-corrected chi connectivity index (χ0v) is 15.5. The molecule has 4 rings (SSSR count). The molecule has 0 unspecified atom stereocenters. The maximum absolute atomic E-state index is 4.80. The molecule has 1 fully saturated rings. The van der Waals surface area contributed by atoms with Gasteiger partial charge in [0.25, 0.3) is 0 Å². The molecule has 0 saturated carbocycles. The molecule has 3 aliphatic rings. The molecule has 8 nitrogen and oxygen atoms in total. The molecule has 1 aromatic rings. The van der Waals surface area contributed by atoms with E-state index in [1.165, 1.54) is 12.8 Å². The second-order valence-electron chi connectivity index (χ2n) is 7.03. The number of aliphatic imine (C=N–C) groups is 1. The Labute approximate surface area is 148 Å². The van der Waals surface area contributed by atoms with E-state index in [0.717, 1.165) is 54.9 Å². The van der Waals surface area contributed by atoms with Gasteiger partial charge in [-0.2, -0.15) is 15.2 Å². The number of fused-ring (bicyclic) bond motifs is 1. The number of anilines is 1. The zero-order valence-electron chi connectivity index (χ0n) is 15.5. The Morgan fingerprint density at radius 1 is 1.12 bits per heavy atom. The lowest BCUT2D eigenvalue weighted by Crippen LogP contribution is -2.45. The van der Waals surface area contributed by atoms with Crippen LogP contribution in [0.4, 0.5) is 5.95 Å². The van der Waals surface area contributed by atoms with Crippen molar-refractivity contribution in [3.05, 3.63) is 17.7 Å². The van der Waals surface area contributed by atoms with Crippen molar-refractivity contribution in [1.29, 1.82) is 0 Å². The lowest BCUT2D eigenvalue weighted by molar-refractivity contribution is 0.248. The first kappa shape index (κ1) is 16.1. The van der Waals surface area contributed by atoms with Crippen molar-refractivity contribution < 1.29 is 0 Å². The minimum Gasteiger partial charge on any atom is -0.341 e. The third kappa shape index (κ3) is 2.79. The summed E-state index contributed by atoms with van der Waals surface area (Å²) in [5.41, 5.74) is 2.14. The first-order chi connectivity index (χ1) is 12.0. The van der Waals surface area contributed by atoms with Crippen LogP contribution < -0.4 is 4.90 Å². The smallest absolute Gasteiger partial charge is 0.223 e. The van der Waals surface area contributed by atoms with E-state index < -0.39 is 0 Å². The Morgan fingerprint density at radius 3 is 2.60 bits per heavy atom. The van der Waals surface area contributed by atoms with Crippen LogP contribution >= 0.6 is 0 Å². The Hall–Kier alpha value is -2.38. The highest BCUT2D eigenvalue weighted by molar-refractivity contribution is 5.95. The Bertz CT molecular complexity index is 753. The predicted molar refractivity (Wildman–Crippen MR) is 98.5 cm³/mol. The Balaban J connectivity index is 1.45. The standard InChI is InChI=1S/C17H26N8/c1-12-11-18-13(2)16-22(3)15(21-25(12)16)8-7-14-19-17(23(4)20-14)24-9-5-6-10-24/h11,16H,5-10H2,1-4H3/t16-/m1/s1. The van der Waals surface area contributed by atoms with Gasteiger partial charge < -0.3 is 9.80 Å². The largest absolute Gasteiger partial charge is 0.341 e. The molecule has 1 saturated heterocycles. The summed E-state index contributed by atoms with van der Waals surface area (Å²) in [6.07, 6.45) is 6.10. The van der Waals surface area contributed by atoms with Gasteiger partial charge in [-0.3, -0.25) is 4.99 Å². The number of hydrogen-bond donors (Lipinski definition) is 0. The van der Waals surface area contributed by atoms with Gasteiger partial charge in [0.1, 0.15) is 5.84 Å². The van der Waals surface area contributed by atoms with E-state index in [-0.39, 0.29) is 6.17 Å². The summed E-state index contributed by atoms with van der Waals surface area (Å²) in [5.74, 6) is 2.95. The Morgan fingerprint density at radius 2 is 1.88 bits per heavy atom. The molecule has 0 aliphatic carbocycles. The van der Waals surface area contributed by atoms with Gasteiger partial charge in [0.15, 0.2) is 12.0 Å². The number of hydrogen-bond acceptors (Lipinski definition) is 7. The van der Waals surface area contributed by atoms with Crippen LogP contribution in [0.15, 0.2) is 22.0 Å². The van der Waals surface area contributed by atoms with Crippen molar-refractivity contribution in [3.8, 4) is 0 Å². The fraction of sp³-hybridized carbons (Fsp3) is 0.647. The van der Waals surface area contributed by atoms with Gasteiger partial charge in [-0.05, 0) is 26.7 Å². The number of allylic oxidation sites excluding steroid dienone is 1. The topological polar surface area (TPSA) is 65.2 Å². The van der Waals surface area contributed by atoms with Crippen LogP contribution in [0, 0.1) is 0 Å². The van der Waals surface area contributed by atoms with Crippen molar-refractivity contribution in [2.24, 2.45) is 17.1 Å². The van der Waals surface area contributed by atoms with E-state index in [9.17, 15) is 0 Å². The third-order valence-electron chi connectivity index (χ3n) is 5.16. The van der Waals surface area contributed by atoms with Crippen LogP contribution in [0.1, 0.15) is 38.9 Å². The van der Waals surface area contributed by atoms with Crippen molar-refractivity contribution in [1.82, 2.24) is 24.7 Å². The average Bonchev–Trinajstić information content (AvgIpc) is 3.29. The van der Waals surface area contributed by atoms with E-state index in [0.29, 0.717) is 0 Å². The van der Waals surface area contributed by atoms with Gasteiger partial charge in [0.05, 0.1) is 11.4 Å². The van der Waals surface area contributed by atoms with Crippen LogP contribution in [0.5, 0.6) is 0 Å². The fourth-order valence-corrected chi connectivity index (χ4v) is 3.78. The maximum Gasteiger partial charge on any atom is 0.223 e. The molecule has 134 valence electrons. The summed E-state index contributed by atoms with van der Waals surface area (Å²) in [5, 5.41) is 11.5. The van der Waals surface area contributed by atoms with Gasteiger partial charge in [-0.15, -0.1) is 0 Å². The number of amidine groups is 1. The van der Waals surface area contributed by atoms with Gasteiger partial charge >= 0.3 is 0 Å². The molecule has 0 amide bonds. The van der Waals surface area contributed by atoms with Crippen LogP contribution in [0.2, 0.25) is 0 Å². The second kappa shape index (κ2) is 6.16. The van der Waals surface area contributed by atoms with E-state index in [4.69, 9.17) is 10.1 Å². The molecular formula is C17H26N8. The number of nitrogens with zero attached hydrogens (tertiary/aromatic N) is 8. The number of hydrazone groups is 1. The minimum atomic E-state index is 0.108. The van der Waals surface area contributed by atoms with E-state index in [1.807, 2.05) is 24.9 Å². The van der Waals surface area contributed by atoms with Crippen LogP contribution in [0.3, 0.4) is 0 Å². The van der Waals surface area contributed by atoms with Gasteiger partial charge in [0.2, 0.25) is 5.95 Å². The summed E-state index contributed by atoms with van der Waals surface area (Å²) in [4.78, 5) is 13.8. The molecule has 0 radical (unpaired) electrons. The molecule has 1 aromatic heterocycles. The fourth-order valence-electron chi connectivity index (χ4n) is 3.78. The molecule has 0 spiro atoms. The summed E-state index contributed by atoms with van der Waals surface area (Å²) in [7, 11) is 4.07. The van der Waals surface area contributed by atoms with Gasteiger partial charge in [-0.1, -0.05) is 0 Å². The molecule has 3 aliphatic heterocycles. The SMILES string of the molecule is CC1=CN=C(C)[C@@H]2N(C)C(CCc3nc(N4CCCC4)n(C)n3)=NN12. The highest BCUT2D eigenvalue weighted by Gasteiger charge is 2.35. The highest BCUT2D eigenvalue weighted by atomic mass is 15.6. The summed E-state index contributed by atoms with van der Waals surface area (Å²) >= 11 is 0. The van der Waals surface area contributed by atoms with Crippen molar-refractivity contribution in [2.75, 3.05) is 25.0 Å². The number of aryl methyl sites for hydroxylation is 2. The maximum atomic E-state index is 4.80. The zero-order chi connectivity index (χ0) is 17.6. The molecule has 4 heterocycles. The van der Waals surface area contributed by atoms with Crippen LogP contribution in [0.25, 0.3) is 0 Å². The molecule has 1 atom stereocenters. The first-order valence-corrected chi connectivity index (χ1v) is 9.00. The van der Waals surface area contributed by atoms with Crippen molar-refractivity contribution in [3.63, 3.8) is 0 Å². The lowest BCUT2D eigenvalue weighted by Gasteiger charge is -2.31. The normalized spacial score (nSPS) is 23.0. The minimum absolute atomic E-state index is 0.108. The van der Waals surface area contributed by atoms with Crippen molar-refractivity contribution >= 4 is 17.5 Å². The van der Waals surface area contributed by atoms with Crippen LogP contribution in [-0.4, -0.2) is 62.5 Å². The van der Waals surface area contributed by atoms with E-state index in [2.05, 4.69) is 38.9 Å². The van der Waals surface area contributed by atoms with Crippen molar-refractivity contribution in [2.45, 2.75) is 45.7 Å². The quantitative estimate of drug-likeness (QED) is 0.831. The predicted octanol–water partition coefficient (Wildman–Crippen LogP) is 1.57. The van der Waals surface area contributed by atoms with E-state index >= 15 is 0 Å². The molecule has 0 aromatic carbocycles. The van der Waals surface area contributed by atoms with Crippen LogP contribution in [-0.2, 0) is 13.5 Å². The summed E-state index contributed by atoms with van der Waals surface area (Å²) < 4.78 is 1.91. The monoisotopic (exact) mass is 342 g/mol. The Kier molecular flexibility index (Phi) is 3.97. The third-order valence-corrected chi connectivity index (χ3v) is 5.16. The first-order valence-electron chi connectivity index (χ1n) is 9.00. The highest BCUT2D eigenvalue weighted by Crippen LogP contribution is 2.26. The molecular weight excluding hydrogens is 316 g/mol. The van der Waals surface area contributed by atoms with Gasteiger partial charge in [0, 0.05) is 46.2 Å².